The topological polar surface area (TPSA) is 59.4 Å². The van der Waals surface area contributed by atoms with Crippen LogP contribution in [0.25, 0.3) is 0 Å². The molecule has 0 saturated carbocycles. The van der Waals surface area contributed by atoms with Crippen LogP contribution in [0.3, 0.4) is 0 Å². The Bertz CT molecular complexity index is 965. The number of aryl methyl sites for hydroxylation is 2. The summed E-state index contributed by atoms with van der Waals surface area (Å²) in [5, 5.41) is 7.15. The molecule has 0 aliphatic heterocycles. The highest BCUT2D eigenvalue weighted by molar-refractivity contribution is 5.94. The molecule has 1 heterocycles. The minimum absolute atomic E-state index is 0.0868. The van der Waals surface area contributed by atoms with Crippen molar-refractivity contribution in [2.75, 3.05) is 13.6 Å². The third-order valence-corrected chi connectivity index (χ3v) is 4.76. The average Bonchev–Trinajstić information content (AvgIpc) is 3.11. The van der Waals surface area contributed by atoms with Crippen LogP contribution < -0.4 is 10.1 Å². The number of nitrogens with zero attached hydrogens (tertiary/aromatic N) is 3. The van der Waals surface area contributed by atoms with E-state index in [4.69, 9.17) is 4.74 Å². The first-order chi connectivity index (χ1) is 14.4. The number of hydrogen-bond acceptors (Lipinski definition) is 4. The van der Waals surface area contributed by atoms with Crippen LogP contribution in [0.4, 0.5) is 0 Å². The molecule has 1 unspecified atom stereocenters. The summed E-state index contributed by atoms with van der Waals surface area (Å²) < 4.78 is 7.83. The van der Waals surface area contributed by atoms with Crippen LogP contribution in [0, 0.1) is 6.92 Å². The van der Waals surface area contributed by atoms with Gasteiger partial charge in [0.25, 0.3) is 5.91 Å². The fourth-order valence-corrected chi connectivity index (χ4v) is 3.27. The molecule has 6 heteroatoms. The van der Waals surface area contributed by atoms with E-state index in [2.05, 4.69) is 34.5 Å². The lowest BCUT2D eigenvalue weighted by atomic mass is 10.1. The van der Waals surface area contributed by atoms with Gasteiger partial charge in [0.2, 0.25) is 0 Å². The Morgan fingerprint density at radius 2 is 1.90 bits per heavy atom. The van der Waals surface area contributed by atoms with Crippen molar-refractivity contribution < 1.29 is 9.53 Å². The van der Waals surface area contributed by atoms with Gasteiger partial charge in [0.1, 0.15) is 11.9 Å². The average molecular weight is 407 g/mol. The largest absolute Gasteiger partial charge is 0.489 e. The van der Waals surface area contributed by atoms with Gasteiger partial charge in [-0.15, -0.1) is 0 Å². The number of benzene rings is 2. The number of amides is 1. The van der Waals surface area contributed by atoms with Crippen molar-refractivity contribution in [2.45, 2.75) is 33.0 Å². The van der Waals surface area contributed by atoms with E-state index in [9.17, 15) is 4.79 Å². The molecule has 1 amide bonds. The number of rotatable bonds is 9. The highest BCUT2D eigenvalue weighted by Crippen LogP contribution is 2.17. The van der Waals surface area contributed by atoms with Crippen LogP contribution in [0.15, 0.2) is 60.9 Å². The monoisotopic (exact) mass is 406 g/mol. The van der Waals surface area contributed by atoms with Crippen molar-refractivity contribution in [1.29, 1.82) is 0 Å². The second-order valence-corrected chi connectivity index (χ2v) is 7.85. The second kappa shape index (κ2) is 10.1. The van der Waals surface area contributed by atoms with Gasteiger partial charge in [0.15, 0.2) is 0 Å². The standard InChI is InChI=1S/C24H30N4O2/c1-18-8-10-22(11-9-18)24(29)25-13-19(2)30-23-7-5-6-20(12-23)15-27(3)16-21-14-26-28(4)17-21/h5-12,14,17,19H,13,15-16H2,1-4H3,(H,25,29). The molecule has 1 N–H and O–H groups in total. The van der Waals surface area contributed by atoms with Crippen molar-refractivity contribution in [2.24, 2.45) is 7.05 Å². The van der Waals surface area contributed by atoms with Crippen LogP contribution in [-0.4, -0.2) is 40.3 Å². The highest BCUT2D eigenvalue weighted by Gasteiger charge is 2.10. The van der Waals surface area contributed by atoms with Gasteiger partial charge in [-0.05, 0) is 50.7 Å². The number of carbonyl (C=O) groups is 1. The fraction of sp³-hybridized carbons (Fsp3) is 0.333. The molecule has 0 saturated heterocycles. The van der Waals surface area contributed by atoms with Crippen LogP contribution in [0.2, 0.25) is 0 Å². The number of hydrogen-bond donors (Lipinski definition) is 1. The maximum Gasteiger partial charge on any atom is 0.251 e. The van der Waals surface area contributed by atoms with Gasteiger partial charge >= 0.3 is 0 Å². The molecule has 0 bridgehead atoms. The second-order valence-electron chi connectivity index (χ2n) is 7.85. The quantitative estimate of drug-likeness (QED) is 0.590. The van der Waals surface area contributed by atoms with Crippen molar-refractivity contribution in [1.82, 2.24) is 20.0 Å². The molecule has 0 spiro atoms. The minimum Gasteiger partial charge on any atom is -0.489 e. The molecule has 0 fully saturated rings. The van der Waals surface area contributed by atoms with Gasteiger partial charge in [0.05, 0.1) is 12.7 Å². The molecule has 30 heavy (non-hydrogen) atoms. The van der Waals surface area contributed by atoms with Crippen LogP contribution in [0.5, 0.6) is 5.75 Å². The molecule has 6 nitrogen and oxygen atoms in total. The predicted octanol–water partition coefficient (Wildman–Crippen LogP) is 3.56. The molecule has 1 atom stereocenters. The summed E-state index contributed by atoms with van der Waals surface area (Å²) in [4.78, 5) is 14.5. The molecule has 0 aliphatic carbocycles. The Labute approximate surface area is 178 Å². The van der Waals surface area contributed by atoms with Gasteiger partial charge in [-0.1, -0.05) is 29.8 Å². The Kier molecular flexibility index (Phi) is 7.25. The smallest absolute Gasteiger partial charge is 0.251 e. The summed E-state index contributed by atoms with van der Waals surface area (Å²) >= 11 is 0. The maximum absolute atomic E-state index is 12.3. The highest BCUT2D eigenvalue weighted by atomic mass is 16.5. The number of ether oxygens (including phenoxy) is 1. The maximum atomic E-state index is 12.3. The molecular formula is C24H30N4O2. The molecule has 3 aromatic rings. The molecule has 0 radical (unpaired) electrons. The number of nitrogens with one attached hydrogen (secondary N) is 1. The van der Waals surface area contributed by atoms with Gasteiger partial charge in [-0.25, -0.2) is 0 Å². The van der Waals surface area contributed by atoms with Crippen molar-refractivity contribution in [3.05, 3.63) is 83.2 Å². The van der Waals surface area contributed by atoms with E-state index in [1.54, 1.807) is 0 Å². The van der Waals surface area contributed by atoms with Crippen molar-refractivity contribution in [3.63, 3.8) is 0 Å². The lowest BCUT2D eigenvalue weighted by Gasteiger charge is -2.18. The van der Waals surface area contributed by atoms with Gasteiger partial charge < -0.3 is 10.1 Å². The predicted molar refractivity (Wildman–Crippen MR) is 118 cm³/mol. The lowest BCUT2D eigenvalue weighted by Crippen LogP contribution is -2.33. The van der Waals surface area contributed by atoms with Crippen LogP contribution in [-0.2, 0) is 20.1 Å². The normalized spacial score (nSPS) is 12.0. The van der Waals surface area contributed by atoms with Gasteiger partial charge in [-0.2, -0.15) is 5.10 Å². The third-order valence-electron chi connectivity index (χ3n) is 4.76. The van der Waals surface area contributed by atoms with E-state index in [0.29, 0.717) is 12.1 Å². The zero-order chi connectivity index (χ0) is 21.5. The van der Waals surface area contributed by atoms with E-state index >= 15 is 0 Å². The number of carbonyl (C=O) groups excluding carboxylic acids is 1. The summed E-state index contributed by atoms with van der Waals surface area (Å²) in [6, 6.07) is 15.6. The van der Waals surface area contributed by atoms with Gasteiger partial charge in [0, 0.05) is 37.5 Å². The fourth-order valence-electron chi connectivity index (χ4n) is 3.27. The van der Waals surface area contributed by atoms with E-state index in [1.165, 1.54) is 11.1 Å². The molecule has 158 valence electrons. The zero-order valence-corrected chi connectivity index (χ0v) is 18.1. The van der Waals surface area contributed by atoms with Crippen molar-refractivity contribution in [3.8, 4) is 5.75 Å². The summed E-state index contributed by atoms with van der Waals surface area (Å²) in [5.74, 6) is 0.718. The summed E-state index contributed by atoms with van der Waals surface area (Å²) in [6.07, 6.45) is 3.79. The molecule has 0 aliphatic rings. The minimum atomic E-state index is -0.136. The Morgan fingerprint density at radius 3 is 2.60 bits per heavy atom. The van der Waals surface area contributed by atoms with E-state index in [1.807, 2.05) is 74.4 Å². The van der Waals surface area contributed by atoms with E-state index in [-0.39, 0.29) is 12.0 Å². The number of aromatic nitrogens is 2. The summed E-state index contributed by atoms with van der Waals surface area (Å²) in [5.41, 5.74) is 4.15. The lowest BCUT2D eigenvalue weighted by molar-refractivity contribution is 0.0932. The first-order valence-corrected chi connectivity index (χ1v) is 10.2. The molecule has 2 aromatic carbocycles. The SMILES string of the molecule is Cc1ccc(C(=O)NCC(C)Oc2cccc(CN(C)Cc3cnn(C)c3)c2)cc1. The summed E-state index contributed by atoms with van der Waals surface area (Å²) in [6.45, 7) is 6.04. The molecular weight excluding hydrogens is 376 g/mol. The first-order valence-electron chi connectivity index (χ1n) is 10.2. The van der Waals surface area contributed by atoms with Crippen LogP contribution >= 0.6 is 0 Å². The Balaban J connectivity index is 1.48. The van der Waals surface area contributed by atoms with Gasteiger partial charge in [-0.3, -0.25) is 14.4 Å². The summed E-state index contributed by atoms with van der Waals surface area (Å²) in [7, 11) is 4.01. The Morgan fingerprint density at radius 1 is 1.17 bits per heavy atom. The first kappa shape index (κ1) is 21.6. The molecule has 1 aromatic heterocycles. The zero-order valence-electron chi connectivity index (χ0n) is 18.1. The third kappa shape index (κ3) is 6.46. The van der Waals surface area contributed by atoms with Crippen LogP contribution in [0.1, 0.15) is 34.0 Å². The van der Waals surface area contributed by atoms with E-state index in [0.717, 1.165) is 24.4 Å². The van der Waals surface area contributed by atoms with Crippen molar-refractivity contribution >= 4 is 5.91 Å². The molecule has 3 rings (SSSR count). The Hall–Kier alpha value is -3.12. The van der Waals surface area contributed by atoms with E-state index < -0.39 is 0 Å².